The summed E-state index contributed by atoms with van der Waals surface area (Å²) in [5.74, 6) is 0.176. The first-order chi connectivity index (χ1) is 9.72. The van der Waals surface area contributed by atoms with Crippen LogP contribution in [0.5, 0.6) is 0 Å². The lowest BCUT2D eigenvalue weighted by Crippen LogP contribution is -2.37. The number of nitrogens with zero attached hydrogens (tertiary/aromatic N) is 1. The molecule has 1 amide bonds. The van der Waals surface area contributed by atoms with E-state index >= 15 is 0 Å². The molecule has 5 heteroatoms. The Hall–Kier alpha value is -1.07. The number of hydrogen-bond donors (Lipinski definition) is 2. The number of carbonyl (C=O) groups excluding carboxylic acids is 1. The SMILES string of the molecule is CSc1ncccc1C(=O)NCC(O)C1CCCCC1. The number of nitrogens with one attached hydrogen (secondary N) is 1. The smallest absolute Gasteiger partial charge is 0.254 e. The standard InChI is InChI=1S/C15H22N2O2S/c1-20-15-12(8-5-9-16-15)14(19)17-10-13(18)11-6-3-2-4-7-11/h5,8-9,11,13,18H,2-4,6-7,10H2,1H3,(H,17,19). The zero-order valence-electron chi connectivity index (χ0n) is 11.8. The van der Waals surface area contributed by atoms with Gasteiger partial charge in [0.25, 0.3) is 5.91 Å². The first-order valence-corrected chi connectivity index (χ1v) is 8.40. The molecule has 1 aromatic rings. The lowest BCUT2D eigenvalue weighted by atomic mass is 9.85. The predicted octanol–water partition coefficient (Wildman–Crippen LogP) is 2.47. The van der Waals surface area contributed by atoms with Gasteiger partial charge in [-0.05, 0) is 37.1 Å². The molecular weight excluding hydrogens is 272 g/mol. The summed E-state index contributed by atoms with van der Waals surface area (Å²) >= 11 is 1.45. The van der Waals surface area contributed by atoms with E-state index < -0.39 is 6.10 Å². The summed E-state index contributed by atoms with van der Waals surface area (Å²) in [6.45, 7) is 0.326. The largest absolute Gasteiger partial charge is 0.391 e. The number of rotatable bonds is 5. The highest BCUT2D eigenvalue weighted by molar-refractivity contribution is 7.98. The monoisotopic (exact) mass is 294 g/mol. The van der Waals surface area contributed by atoms with Crippen LogP contribution in [0, 0.1) is 5.92 Å². The molecule has 1 heterocycles. The van der Waals surface area contributed by atoms with Gasteiger partial charge in [0.2, 0.25) is 0 Å². The Kier molecular flexibility index (Phi) is 5.86. The Morgan fingerprint density at radius 1 is 1.50 bits per heavy atom. The predicted molar refractivity (Wildman–Crippen MR) is 80.9 cm³/mol. The van der Waals surface area contributed by atoms with E-state index in [0.29, 0.717) is 18.0 Å². The second-order valence-corrected chi connectivity index (χ2v) is 6.03. The minimum absolute atomic E-state index is 0.155. The number of aliphatic hydroxyl groups is 1. The summed E-state index contributed by atoms with van der Waals surface area (Å²) < 4.78 is 0. The highest BCUT2D eigenvalue weighted by Crippen LogP contribution is 2.26. The van der Waals surface area contributed by atoms with Crippen molar-refractivity contribution in [2.45, 2.75) is 43.2 Å². The van der Waals surface area contributed by atoms with Crippen LogP contribution < -0.4 is 5.32 Å². The van der Waals surface area contributed by atoms with Gasteiger partial charge in [0.05, 0.1) is 11.7 Å². The van der Waals surface area contributed by atoms with Gasteiger partial charge in [0.15, 0.2) is 0 Å². The van der Waals surface area contributed by atoms with Crippen molar-refractivity contribution in [3.05, 3.63) is 23.9 Å². The second kappa shape index (κ2) is 7.64. The van der Waals surface area contributed by atoms with E-state index in [9.17, 15) is 9.90 Å². The van der Waals surface area contributed by atoms with E-state index in [1.54, 1.807) is 18.3 Å². The molecule has 1 unspecified atom stereocenters. The van der Waals surface area contributed by atoms with Crippen molar-refractivity contribution in [2.24, 2.45) is 5.92 Å². The summed E-state index contributed by atoms with van der Waals surface area (Å²) in [7, 11) is 0. The first-order valence-electron chi connectivity index (χ1n) is 7.17. The molecule has 1 fully saturated rings. The molecule has 0 spiro atoms. The molecule has 1 aromatic heterocycles. The summed E-state index contributed by atoms with van der Waals surface area (Å²) in [6.07, 6.45) is 8.93. The first kappa shape index (κ1) is 15.3. The molecule has 0 aliphatic heterocycles. The van der Waals surface area contributed by atoms with Crippen molar-refractivity contribution in [1.29, 1.82) is 0 Å². The van der Waals surface area contributed by atoms with Gasteiger partial charge in [0.1, 0.15) is 5.03 Å². The van der Waals surface area contributed by atoms with Crippen molar-refractivity contribution in [3.63, 3.8) is 0 Å². The van der Waals surface area contributed by atoms with Crippen LogP contribution in [0.3, 0.4) is 0 Å². The fraction of sp³-hybridized carbons (Fsp3) is 0.600. The molecule has 1 aliphatic carbocycles. The van der Waals surface area contributed by atoms with Crippen LogP contribution in [0.4, 0.5) is 0 Å². The Balaban J connectivity index is 1.88. The molecule has 2 rings (SSSR count). The third-order valence-corrected chi connectivity index (χ3v) is 4.59. The van der Waals surface area contributed by atoms with E-state index in [1.807, 2.05) is 6.26 Å². The molecule has 1 saturated carbocycles. The van der Waals surface area contributed by atoms with E-state index in [4.69, 9.17) is 0 Å². The molecule has 2 N–H and O–H groups in total. The number of aromatic nitrogens is 1. The molecule has 4 nitrogen and oxygen atoms in total. The van der Waals surface area contributed by atoms with Gasteiger partial charge in [-0.25, -0.2) is 4.98 Å². The lowest BCUT2D eigenvalue weighted by Gasteiger charge is -2.26. The van der Waals surface area contributed by atoms with E-state index in [-0.39, 0.29) is 5.91 Å². The summed E-state index contributed by atoms with van der Waals surface area (Å²) in [6, 6.07) is 3.52. The molecule has 0 radical (unpaired) electrons. The Bertz CT molecular complexity index is 447. The number of thioether (sulfide) groups is 1. The van der Waals surface area contributed by atoms with Crippen molar-refractivity contribution in [3.8, 4) is 0 Å². The number of pyridine rings is 1. The third-order valence-electron chi connectivity index (χ3n) is 3.87. The van der Waals surface area contributed by atoms with Gasteiger partial charge >= 0.3 is 0 Å². The minimum atomic E-state index is -0.436. The van der Waals surface area contributed by atoms with Gasteiger partial charge in [0, 0.05) is 12.7 Å². The van der Waals surface area contributed by atoms with Gasteiger partial charge < -0.3 is 10.4 Å². The van der Waals surface area contributed by atoms with Crippen LogP contribution >= 0.6 is 11.8 Å². The van der Waals surface area contributed by atoms with Crippen LogP contribution in [-0.4, -0.2) is 34.9 Å². The Morgan fingerprint density at radius 3 is 2.95 bits per heavy atom. The maximum Gasteiger partial charge on any atom is 0.254 e. The summed E-state index contributed by atoms with van der Waals surface area (Å²) in [5, 5.41) is 13.7. The number of amides is 1. The minimum Gasteiger partial charge on any atom is -0.391 e. The zero-order chi connectivity index (χ0) is 14.4. The molecular formula is C15H22N2O2S. The van der Waals surface area contributed by atoms with Crippen molar-refractivity contribution >= 4 is 17.7 Å². The highest BCUT2D eigenvalue weighted by Gasteiger charge is 2.22. The van der Waals surface area contributed by atoms with Crippen LogP contribution in [0.2, 0.25) is 0 Å². The van der Waals surface area contributed by atoms with E-state index in [1.165, 1.54) is 31.0 Å². The van der Waals surface area contributed by atoms with Crippen molar-refractivity contribution < 1.29 is 9.90 Å². The quantitative estimate of drug-likeness (QED) is 0.819. The fourth-order valence-corrected chi connectivity index (χ4v) is 3.25. The van der Waals surface area contributed by atoms with Crippen LogP contribution in [0.1, 0.15) is 42.5 Å². The molecule has 0 aromatic carbocycles. The average Bonchev–Trinajstić information content (AvgIpc) is 2.53. The molecule has 1 aliphatic rings. The van der Waals surface area contributed by atoms with Crippen LogP contribution in [0.25, 0.3) is 0 Å². The van der Waals surface area contributed by atoms with Crippen LogP contribution in [-0.2, 0) is 0 Å². The third kappa shape index (κ3) is 3.96. The number of hydrogen-bond acceptors (Lipinski definition) is 4. The summed E-state index contributed by atoms with van der Waals surface area (Å²) in [5.41, 5.74) is 0.579. The van der Waals surface area contributed by atoms with Gasteiger partial charge in [-0.3, -0.25) is 4.79 Å². The van der Waals surface area contributed by atoms with E-state index in [0.717, 1.165) is 17.9 Å². The number of aliphatic hydroxyl groups excluding tert-OH is 1. The molecule has 1 atom stereocenters. The zero-order valence-corrected chi connectivity index (χ0v) is 12.7. The van der Waals surface area contributed by atoms with E-state index in [2.05, 4.69) is 10.3 Å². The Labute approximate surface area is 124 Å². The normalized spacial score (nSPS) is 17.7. The van der Waals surface area contributed by atoms with Gasteiger partial charge in [-0.15, -0.1) is 11.8 Å². The maximum absolute atomic E-state index is 12.1. The van der Waals surface area contributed by atoms with Gasteiger partial charge in [-0.2, -0.15) is 0 Å². The Morgan fingerprint density at radius 2 is 2.25 bits per heavy atom. The van der Waals surface area contributed by atoms with Crippen molar-refractivity contribution in [2.75, 3.05) is 12.8 Å². The lowest BCUT2D eigenvalue weighted by molar-refractivity contribution is 0.0736. The highest BCUT2D eigenvalue weighted by atomic mass is 32.2. The maximum atomic E-state index is 12.1. The number of carbonyl (C=O) groups is 1. The average molecular weight is 294 g/mol. The topological polar surface area (TPSA) is 62.2 Å². The summed E-state index contributed by atoms with van der Waals surface area (Å²) in [4.78, 5) is 16.3. The molecule has 0 bridgehead atoms. The van der Waals surface area contributed by atoms with Gasteiger partial charge in [-0.1, -0.05) is 19.3 Å². The second-order valence-electron chi connectivity index (χ2n) is 5.24. The molecule has 0 saturated heterocycles. The van der Waals surface area contributed by atoms with Crippen LogP contribution in [0.15, 0.2) is 23.4 Å². The molecule has 20 heavy (non-hydrogen) atoms. The van der Waals surface area contributed by atoms with Crippen molar-refractivity contribution in [1.82, 2.24) is 10.3 Å². The molecule has 110 valence electrons. The fourth-order valence-electron chi connectivity index (χ4n) is 2.70.